The van der Waals surface area contributed by atoms with Crippen LogP contribution in [0.3, 0.4) is 0 Å². The Bertz CT molecular complexity index is 634. The maximum Gasteiger partial charge on any atom is 0.345 e. The van der Waals surface area contributed by atoms with Crippen molar-refractivity contribution < 1.29 is 0 Å². The summed E-state index contributed by atoms with van der Waals surface area (Å²) in [7, 11) is 0. The molecule has 6 nitrogen and oxygen atoms in total. The smallest absolute Gasteiger partial charge is 0.247 e. The van der Waals surface area contributed by atoms with Gasteiger partial charge in [-0.05, 0) is 27.7 Å². The number of allylic oxidation sites excluding steroid dienone is 2. The van der Waals surface area contributed by atoms with Gasteiger partial charge in [-0.1, -0.05) is 13.2 Å². The molecule has 1 heterocycles. The predicted octanol–water partition coefficient (Wildman–Crippen LogP) is 0.734. The molecule has 6 heteroatoms. The van der Waals surface area contributed by atoms with E-state index in [0.717, 1.165) is 13.7 Å². The van der Waals surface area contributed by atoms with E-state index in [9.17, 15) is 14.4 Å². The second kappa shape index (κ2) is 4.64. The Morgan fingerprint density at radius 3 is 1.44 bits per heavy atom. The monoisotopic (exact) mass is 251 g/mol. The van der Waals surface area contributed by atoms with Gasteiger partial charge >= 0.3 is 17.1 Å². The highest BCUT2D eigenvalue weighted by molar-refractivity contribution is 5.40. The Hall–Kier alpha value is -2.11. The zero-order valence-corrected chi connectivity index (χ0v) is 11.1. The molecule has 0 aromatic carbocycles. The molecule has 0 bridgehead atoms. The van der Waals surface area contributed by atoms with E-state index in [1.165, 1.54) is 13.8 Å². The Morgan fingerprint density at radius 2 is 1.22 bits per heavy atom. The van der Waals surface area contributed by atoms with E-state index in [0.29, 0.717) is 0 Å². The molecule has 0 saturated heterocycles. The SMILES string of the molecule is C=C(C)n1c(=O)n(C(=C)C)c(=O)n(C(C)C)c1=O. The first-order valence-corrected chi connectivity index (χ1v) is 5.52. The number of nitrogens with zero attached hydrogens (tertiary/aromatic N) is 3. The van der Waals surface area contributed by atoms with Gasteiger partial charge in [-0.3, -0.25) is 0 Å². The van der Waals surface area contributed by atoms with Crippen molar-refractivity contribution in [2.75, 3.05) is 0 Å². The Balaban J connectivity index is 4.09. The van der Waals surface area contributed by atoms with Gasteiger partial charge in [-0.25, -0.2) is 28.1 Å². The summed E-state index contributed by atoms with van der Waals surface area (Å²) in [4.78, 5) is 36.2. The second-order valence-corrected chi connectivity index (χ2v) is 4.45. The van der Waals surface area contributed by atoms with E-state index < -0.39 is 17.1 Å². The Kier molecular flexibility index (Phi) is 3.59. The quantitative estimate of drug-likeness (QED) is 0.795. The van der Waals surface area contributed by atoms with Gasteiger partial charge in [0.1, 0.15) is 0 Å². The van der Waals surface area contributed by atoms with Gasteiger partial charge in [-0.15, -0.1) is 0 Å². The fourth-order valence-electron chi connectivity index (χ4n) is 1.66. The number of rotatable bonds is 3. The van der Waals surface area contributed by atoms with Crippen LogP contribution in [-0.4, -0.2) is 13.7 Å². The zero-order valence-electron chi connectivity index (χ0n) is 11.1. The van der Waals surface area contributed by atoms with Gasteiger partial charge in [-0.2, -0.15) is 0 Å². The lowest BCUT2D eigenvalue weighted by molar-refractivity contribution is 0.493. The molecular formula is C12H17N3O3. The van der Waals surface area contributed by atoms with E-state index in [1.54, 1.807) is 13.8 Å². The number of hydrogen-bond donors (Lipinski definition) is 0. The van der Waals surface area contributed by atoms with Crippen molar-refractivity contribution in [3.8, 4) is 0 Å². The molecule has 0 aliphatic heterocycles. The van der Waals surface area contributed by atoms with Crippen molar-refractivity contribution in [3.63, 3.8) is 0 Å². The third-order valence-electron chi connectivity index (χ3n) is 2.46. The van der Waals surface area contributed by atoms with Crippen LogP contribution in [0.2, 0.25) is 0 Å². The number of aromatic nitrogens is 3. The average molecular weight is 251 g/mol. The fourth-order valence-corrected chi connectivity index (χ4v) is 1.66. The van der Waals surface area contributed by atoms with E-state index in [2.05, 4.69) is 13.2 Å². The van der Waals surface area contributed by atoms with Gasteiger partial charge in [0.2, 0.25) is 0 Å². The average Bonchev–Trinajstić information content (AvgIpc) is 2.14. The summed E-state index contributed by atoms with van der Waals surface area (Å²) in [5, 5.41) is 0. The molecule has 0 N–H and O–H groups in total. The molecule has 0 fully saturated rings. The highest BCUT2D eigenvalue weighted by Gasteiger charge is 2.17. The standard InChI is InChI=1S/C12H17N3O3/c1-7(2)13-10(16)14(8(3)4)12(18)15(9(5)6)11(13)17/h9H,1,3H2,2,4-6H3. The second-order valence-electron chi connectivity index (χ2n) is 4.45. The van der Waals surface area contributed by atoms with E-state index in [4.69, 9.17) is 0 Å². The molecule has 98 valence electrons. The van der Waals surface area contributed by atoms with Crippen molar-refractivity contribution in [2.45, 2.75) is 33.7 Å². The molecule has 18 heavy (non-hydrogen) atoms. The number of hydrogen-bond acceptors (Lipinski definition) is 3. The van der Waals surface area contributed by atoms with Crippen LogP contribution in [0.4, 0.5) is 0 Å². The van der Waals surface area contributed by atoms with Crippen LogP contribution in [0.15, 0.2) is 27.5 Å². The van der Waals surface area contributed by atoms with Crippen LogP contribution in [0.5, 0.6) is 0 Å². The summed E-state index contributed by atoms with van der Waals surface area (Å²) in [6, 6.07) is -0.359. The summed E-state index contributed by atoms with van der Waals surface area (Å²) < 4.78 is 2.75. The van der Waals surface area contributed by atoms with Crippen molar-refractivity contribution in [1.82, 2.24) is 13.7 Å². The first-order chi connectivity index (χ1) is 8.20. The third kappa shape index (κ3) is 2.01. The van der Waals surface area contributed by atoms with Crippen LogP contribution in [0, 0.1) is 0 Å². The molecule has 0 aliphatic rings. The fraction of sp³-hybridized carbons (Fsp3) is 0.417. The van der Waals surface area contributed by atoms with Crippen LogP contribution in [-0.2, 0) is 0 Å². The highest BCUT2D eigenvalue weighted by Crippen LogP contribution is 1.98. The lowest BCUT2D eigenvalue weighted by atomic mass is 10.4. The highest BCUT2D eigenvalue weighted by atomic mass is 16.2. The van der Waals surface area contributed by atoms with E-state index in [1.807, 2.05) is 0 Å². The molecule has 1 aromatic rings. The molecule has 0 radical (unpaired) electrons. The van der Waals surface area contributed by atoms with Crippen LogP contribution in [0.25, 0.3) is 11.4 Å². The van der Waals surface area contributed by atoms with Crippen molar-refractivity contribution in [3.05, 3.63) is 44.6 Å². The molecule has 0 amide bonds. The van der Waals surface area contributed by atoms with Crippen molar-refractivity contribution in [2.24, 2.45) is 0 Å². The minimum atomic E-state index is -0.734. The van der Waals surface area contributed by atoms with E-state index >= 15 is 0 Å². The minimum Gasteiger partial charge on any atom is -0.247 e. The Labute approximate surface area is 104 Å². The lowest BCUT2D eigenvalue weighted by Crippen LogP contribution is -2.53. The largest absolute Gasteiger partial charge is 0.345 e. The Morgan fingerprint density at radius 1 is 0.889 bits per heavy atom. The van der Waals surface area contributed by atoms with Crippen LogP contribution >= 0.6 is 0 Å². The molecule has 0 saturated carbocycles. The normalized spacial score (nSPS) is 10.7. The third-order valence-corrected chi connectivity index (χ3v) is 2.46. The zero-order chi connectivity index (χ0) is 14.2. The lowest BCUT2D eigenvalue weighted by Gasteiger charge is -2.15. The first kappa shape index (κ1) is 14.0. The van der Waals surface area contributed by atoms with Gasteiger partial charge in [0, 0.05) is 17.4 Å². The molecule has 0 spiro atoms. The molecule has 0 unspecified atom stereocenters. The molecule has 1 rings (SSSR count). The van der Waals surface area contributed by atoms with Crippen LogP contribution in [0.1, 0.15) is 33.7 Å². The van der Waals surface area contributed by atoms with Crippen molar-refractivity contribution >= 4 is 11.4 Å². The predicted molar refractivity (Wildman–Crippen MR) is 71.6 cm³/mol. The first-order valence-electron chi connectivity index (χ1n) is 5.52. The maximum atomic E-state index is 12.1. The van der Waals surface area contributed by atoms with E-state index in [-0.39, 0.29) is 17.4 Å². The topological polar surface area (TPSA) is 66.0 Å². The van der Waals surface area contributed by atoms with Gasteiger partial charge in [0.05, 0.1) is 0 Å². The molecule has 1 aromatic heterocycles. The van der Waals surface area contributed by atoms with Gasteiger partial charge in [0.25, 0.3) is 0 Å². The molecule has 0 atom stereocenters. The van der Waals surface area contributed by atoms with Gasteiger partial charge in [0.15, 0.2) is 0 Å². The maximum absolute atomic E-state index is 12.1. The minimum absolute atomic E-state index is 0.259. The summed E-state index contributed by atoms with van der Waals surface area (Å²) >= 11 is 0. The summed E-state index contributed by atoms with van der Waals surface area (Å²) in [5.41, 5.74) is -1.57. The summed E-state index contributed by atoms with van der Waals surface area (Å²) in [5.74, 6) is 0. The van der Waals surface area contributed by atoms with Crippen LogP contribution < -0.4 is 17.1 Å². The molecule has 0 aliphatic carbocycles. The summed E-state index contributed by atoms with van der Waals surface area (Å²) in [6.45, 7) is 13.6. The van der Waals surface area contributed by atoms with Crippen molar-refractivity contribution in [1.29, 1.82) is 0 Å². The molecular weight excluding hydrogens is 234 g/mol. The summed E-state index contributed by atoms with van der Waals surface area (Å²) in [6.07, 6.45) is 0. The van der Waals surface area contributed by atoms with Gasteiger partial charge < -0.3 is 0 Å².